The fourth-order valence-corrected chi connectivity index (χ4v) is 3.21. The topological polar surface area (TPSA) is 42.2 Å². The minimum Gasteiger partial charge on any atom is -0.321 e. The summed E-state index contributed by atoms with van der Waals surface area (Å²) in [5, 5.41) is 1.20. The molecule has 3 nitrogen and oxygen atoms in total. The third-order valence-electron chi connectivity index (χ3n) is 3.47. The van der Waals surface area contributed by atoms with Gasteiger partial charge in [-0.1, -0.05) is 6.42 Å². The van der Waals surface area contributed by atoms with Crippen LogP contribution in [0.5, 0.6) is 0 Å². The average Bonchev–Trinajstić information content (AvgIpc) is 2.69. The zero-order valence-electron chi connectivity index (χ0n) is 11.1. The second-order valence-corrected chi connectivity index (χ2v) is 6.77. The normalized spacial score (nSPS) is 22.9. The molecule has 0 radical (unpaired) electrons. The van der Waals surface area contributed by atoms with Gasteiger partial charge in [0.15, 0.2) is 0 Å². The van der Waals surface area contributed by atoms with Gasteiger partial charge in [-0.3, -0.25) is 4.90 Å². The van der Waals surface area contributed by atoms with Crippen LogP contribution in [0.2, 0.25) is 0 Å². The van der Waals surface area contributed by atoms with Crippen molar-refractivity contribution >= 4 is 11.3 Å². The summed E-state index contributed by atoms with van der Waals surface area (Å²) in [5.41, 5.74) is 5.83. The molecule has 0 amide bonds. The third kappa shape index (κ3) is 3.27. The van der Waals surface area contributed by atoms with E-state index < -0.39 is 0 Å². The van der Waals surface area contributed by atoms with E-state index in [4.69, 9.17) is 5.73 Å². The minimum atomic E-state index is -0.260. The molecule has 1 aliphatic heterocycles. The molecule has 17 heavy (non-hydrogen) atoms. The molecule has 0 bridgehead atoms. The summed E-state index contributed by atoms with van der Waals surface area (Å²) < 4.78 is 0. The van der Waals surface area contributed by atoms with Crippen LogP contribution < -0.4 is 5.73 Å². The molecule has 1 fully saturated rings. The van der Waals surface area contributed by atoms with Gasteiger partial charge in [-0.15, -0.1) is 11.3 Å². The van der Waals surface area contributed by atoms with Gasteiger partial charge in [0.2, 0.25) is 0 Å². The number of likely N-dealkylation sites (tertiary alicyclic amines) is 1. The van der Waals surface area contributed by atoms with Crippen LogP contribution in [0.1, 0.15) is 49.9 Å². The van der Waals surface area contributed by atoms with Gasteiger partial charge in [0.25, 0.3) is 0 Å². The smallest absolute Gasteiger partial charge is 0.107 e. The number of nitrogens with two attached hydrogens (primary N) is 1. The Labute approximate surface area is 108 Å². The molecule has 4 heteroatoms. The van der Waals surface area contributed by atoms with Crippen LogP contribution in [-0.4, -0.2) is 22.5 Å². The lowest BCUT2D eigenvalue weighted by Gasteiger charge is -2.32. The number of piperidine rings is 1. The van der Waals surface area contributed by atoms with Crippen molar-refractivity contribution in [2.24, 2.45) is 5.73 Å². The van der Waals surface area contributed by atoms with Crippen LogP contribution in [-0.2, 0) is 12.1 Å². The predicted molar refractivity (Wildman–Crippen MR) is 73.1 cm³/mol. The van der Waals surface area contributed by atoms with Crippen LogP contribution >= 0.6 is 11.3 Å². The van der Waals surface area contributed by atoms with E-state index in [2.05, 4.69) is 16.8 Å². The molecule has 1 aromatic heterocycles. The summed E-state index contributed by atoms with van der Waals surface area (Å²) in [6, 6.07) is 0.696. The first kappa shape index (κ1) is 13.0. The van der Waals surface area contributed by atoms with Gasteiger partial charge in [0.1, 0.15) is 5.01 Å². The lowest BCUT2D eigenvalue weighted by molar-refractivity contribution is 0.152. The van der Waals surface area contributed by atoms with E-state index in [-0.39, 0.29) is 5.54 Å². The van der Waals surface area contributed by atoms with E-state index in [1.807, 2.05) is 20.0 Å². The van der Waals surface area contributed by atoms with Crippen molar-refractivity contribution < 1.29 is 0 Å². The van der Waals surface area contributed by atoms with Crippen molar-refractivity contribution in [2.75, 3.05) is 6.54 Å². The molecule has 1 unspecified atom stereocenters. The molecule has 0 aromatic carbocycles. The first-order valence-electron chi connectivity index (χ1n) is 6.45. The third-order valence-corrected chi connectivity index (χ3v) is 4.79. The summed E-state index contributed by atoms with van der Waals surface area (Å²) >= 11 is 1.76. The SMILES string of the molecule is CC1CCCCN1Cc1ncc(C(C)(C)N)s1. The lowest BCUT2D eigenvalue weighted by Crippen LogP contribution is -2.36. The lowest BCUT2D eigenvalue weighted by atomic mass is 10.0. The van der Waals surface area contributed by atoms with Crippen LogP contribution in [0, 0.1) is 0 Å². The van der Waals surface area contributed by atoms with Crippen LogP contribution in [0.15, 0.2) is 6.20 Å². The summed E-state index contributed by atoms with van der Waals surface area (Å²) in [6.45, 7) is 8.59. The molecule has 2 heterocycles. The van der Waals surface area contributed by atoms with Gasteiger partial charge in [0, 0.05) is 22.7 Å². The Morgan fingerprint density at radius 1 is 1.53 bits per heavy atom. The highest BCUT2D eigenvalue weighted by Gasteiger charge is 2.21. The van der Waals surface area contributed by atoms with Crippen molar-refractivity contribution in [3.05, 3.63) is 16.1 Å². The number of thiazole rings is 1. The van der Waals surface area contributed by atoms with Crippen LogP contribution in [0.4, 0.5) is 0 Å². The van der Waals surface area contributed by atoms with E-state index in [9.17, 15) is 0 Å². The Balaban J connectivity index is 2.01. The average molecular weight is 253 g/mol. The largest absolute Gasteiger partial charge is 0.321 e. The zero-order chi connectivity index (χ0) is 12.5. The van der Waals surface area contributed by atoms with Gasteiger partial charge in [-0.05, 0) is 40.2 Å². The summed E-state index contributed by atoms with van der Waals surface area (Å²) in [4.78, 5) is 8.22. The van der Waals surface area contributed by atoms with Crippen molar-refractivity contribution in [3.63, 3.8) is 0 Å². The minimum absolute atomic E-state index is 0.260. The predicted octanol–water partition coefficient (Wildman–Crippen LogP) is 2.71. The number of hydrogen-bond donors (Lipinski definition) is 1. The van der Waals surface area contributed by atoms with Crippen molar-refractivity contribution in [3.8, 4) is 0 Å². The molecule has 0 saturated carbocycles. The van der Waals surface area contributed by atoms with E-state index in [1.165, 1.54) is 35.7 Å². The first-order valence-corrected chi connectivity index (χ1v) is 7.26. The van der Waals surface area contributed by atoms with Crippen molar-refractivity contribution in [1.29, 1.82) is 0 Å². The number of aromatic nitrogens is 1. The standard InChI is InChI=1S/C13H23N3S/c1-10-6-4-5-7-16(10)9-12-15-8-11(17-12)13(2,3)14/h8,10H,4-7,9,14H2,1-3H3. The molecule has 0 aliphatic carbocycles. The Hall–Kier alpha value is -0.450. The zero-order valence-corrected chi connectivity index (χ0v) is 11.9. The Kier molecular flexibility index (Phi) is 3.85. The molecule has 1 saturated heterocycles. The van der Waals surface area contributed by atoms with Crippen molar-refractivity contribution in [2.45, 2.75) is 58.2 Å². The Bertz CT molecular complexity index is 367. The quantitative estimate of drug-likeness (QED) is 0.900. The molecule has 2 rings (SSSR count). The van der Waals surface area contributed by atoms with Crippen LogP contribution in [0.25, 0.3) is 0 Å². The fraction of sp³-hybridized carbons (Fsp3) is 0.769. The van der Waals surface area contributed by atoms with Crippen LogP contribution in [0.3, 0.4) is 0 Å². The number of rotatable bonds is 3. The molecule has 1 aromatic rings. The van der Waals surface area contributed by atoms with Gasteiger partial charge in [-0.25, -0.2) is 4.98 Å². The highest BCUT2D eigenvalue weighted by atomic mass is 32.1. The Morgan fingerprint density at radius 3 is 2.88 bits per heavy atom. The van der Waals surface area contributed by atoms with E-state index in [0.29, 0.717) is 6.04 Å². The van der Waals surface area contributed by atoms with E-state index >= 15 is 0 Å². The molecule has 96 valence electrons. The molecular formula is C13H23N3S. The summed E-state index contributed by atoms with van der Waals surface area (Å²) in [5.74, 6) is 0. The number of nitrogens with zero attached hydrogens (tertiary/aromatic N) is 2. The molecular weight excluding hydrogens is 230 g/mol. The molecule has 0 spiro atoms. The van der Waals surface area contributed by atoms with E-state index in [1.54, 1.807) is 11.3 Å². The first-order chi connectivity index (χ1) is 7.97. The summed E-state index contributed by atoms with van der Waals surface area (Å²) in [7, 11) is 0. The monoisotopic (exact) mass is 253 g/mol. The number of hydrogen-bond acceptors (Lipinski definition) is 4. The summed E-state index contributed by atoms with van der Waals surface area (Å²) in [6.07, 6.45) is 5.96. The Morgan fingerprint density at radius 2 is 2.29 bits per heavy atom. The highest BCUT2D eigenvalue weighted by molar-refractivity contribution is 7.11. The van der Waals surface area contributed by atoms with Gasteiger partial charge in [-0.2, -0.15) is 0 Å². The van der Waals surface area contributed by atoms with Gasteiger partial charge >= 0.3 is 0 Å². The molecule has 1 aliphatic rings. The maximum atomic E-state index is 6.09. The van der Waals surface area contributed by atoms with Crippen molar-refractivity contribution in [1.82, 2.24) is 9.88 Å². The molecule has 2 N–H and O–H groups in total. The second-order valence-electron chi connectivity index (χ2n) is 5.66. The maximum absolute atomic E-state index is 6.09. The van der Waals surface area contributed by atoms with Gasteiger partial charge < -0.3 is 5.73 Å². The highest BCUT2D eigenvalue weighted by Crippen LogP contribution is 2.26. The maximum Gasteiger partial charge on any atom is 0.107 e. The van der Waals surface area contributed by atoms with E-state index in [0.717, 1.165) is 6.54 Å². The second kappa shape index (κ2) is 5.04. The van der Waals surface area contributed by atoms with Gasteiger partial charge in [0.05, 0.1) is 6.54 Å². The molecule has 1 atom stereocenters. The fourth-order valence-electron chi connectivity index (χ4n) is 2.25.